The van der Waals surface area contributed by atoms with Gasteiger partial charge >= 0.3 is 0 Å². The van der Waals surface area contributed by atoms with Crippen LogP contribution in [0.15, 0.2) is 146 Å². The quantitative estimate of drug-likeness (QED) is 0.131. The molecule has 24 bridgehead atoms. The fraction of sp³-hybridized carbons (Fsp3) is 0.415. The molecule has 100 heavy (non-hydrogen) atoms. The fourth-order valence-electron chi connectivity index (χ4n) is 13.5. The van der Waals surface area contributed by atoms with Crippen molar-refractivity contribution < 1.29 is 85.6 Å². The highest BCUT2D eigenvalue weighted by molar-refractivity contribution is 5.58. The first-order chi connectivity index (χ1) is 49.7. The summed E-state index contributed by atoms with van der Waals surface area (Å²) in [5, 5.41) is 0. The number of benzene rings is 8. The summed E-state index contributed by atoms with van der Waals surface area (Å²) in [7, 11) is 0. The van der Waals surface area contributed by atoms with E-state index in [1.807, 2.05) is 0 Å². The van der Waals surface area contributed by atoms with Crippen LogP contribution in [0.4, 0.5) is 0 Å². The van der Waals surface area contributed by atoms with Crippen LogP contribution in [0.25, 0.3) is 0 Å². The van der Waals surface area contributed by atoms with E-state index in [-0.39, 0.29) is 39.6 Å². The van der Waals surface area contributed by atoms with Crippen LogP contribution in [-0.2, 0) is 98.9 Å². The van der Waals surface area contributed by atoms with E-state index < -0.39 is 0 Å². The molecule has 5 aliphatic rings. The molecule has 0 radical (unpaired) electrons. The third-order valence-corrected chi connectivity index (χ3v) is 18.1. The van der Waals surface area contributed by atoms with Gasteiger partial charge in [0.2, 0.25) is 0 Å². The van der Waals surface area contributed by atoms with E-state index in [4.69, 9.17) is 85.6 Å². The van der Waals surface area contributed by atoms with Gasteiger partial charge in [-0.3, -0.25) is 0 Å². The van der Waals surface area contributed by atoms with Gasteiger partial charge in [0.1, 0.15) is 93.1 Å². The molecule has 13 rings (SSSR count). The van der Waals surface area contributed by atoms with Crippen molar-refractivity contribution in [2.24, 2.45) is 0 Å². The van der Waals surface area contributed by atoms with Gasteiger partial charge in [0.25, 0.3) is 0 Å². The largest absolute Gasteiger partial charge is 0.491 e. The average Bonchev–Trinajstić information content (AvgIpc) is 0.805. The third-order valence-electron chi connectivity index (χ3n) is 18.1. The van der Waals surface area contributed by atoms with Crippen LogP contribution in [0.3, 0.4) is 0 Å². The third kappa shape index (κ3) is 19.2. The van der Waals surface area contributed by atoms with Crippen LogP contribution >= 0.6 is 0 Å². The van der Waals surface area contributed by atoms with Gasteiger partial charge in [0.05, 0.1) is 119 Å². The number of hydrogen-bond donors (Lipinski definition) is 0. The van der Waals surface area contributed by atoms with Crippen molar-refractivity contribution in [2.45, 2.75) is 51.4 Å². The second-order valence-corrected chi connectivity index (χ2v) is 25.0. The molecule has 18 nitrogen and oxygen atoms in total. The monoisotopic (exact) mass is 1360 g/mol. The first-order valence-corrected chi connectivity index (χ1v) is 35.4. The summed E-state index contributed by atoms with van der Waals surface area (Å²) in [6.45, 7) is 9.47. The SMILES string of the molecule is c1cc2c3c(c1)Cc1cccc4c1OCCOCCOOc1c5cccc1Cc1cccc(c1OCCOCCOc1c(cccc1C4)Cc1cccc(c1OCCOCCOCCOCCOCCO3)C2)Cc1cccc2c1OCCOCCOCCOCCOc1c(cccc1C5)C2. The smallest absolute Gasteiger partial charge is 0.172 e. The van der Waals surface area contributed by atoms with Crippen LogP contribution < -0.4 is 38.0 Å². The van der Waals surface area contributed by atoms with Crippen molar-refractivity contribution in [1.29, 1.82) is 0 Å². The summed E-state index contributed by atoms with van der Waals surface area (Å²) in [5.74, 6) is 6.13. The molecule has 3 heterocycles. The first-order valence-electron chi connectivity index (χ1n) is 35.4. The molecule has 0 saturated carbocycles. The summed E-state index contributed by atoms with van der Waals surface area (Å²) in [4.78, 5) is 12.8. The second-order valence-electron chi connectivity index (χ2n) is 25.0. The molecule has 0 N–H and O–H groups in total. The number of rotatable bonds is 0. The van der Waals surface area contributed by atoms with Crippen LogP contribution in [0.1, 0.15) is 89.0 Å². The lowest BCUT2D eigenvalue weighted by Crippen LogP contribution is -2.16. The zero-order valence-electron chi connectivity index (χ0n) is 57.2. The Morgan fingerprint density at radius 3 is 0.430 bits per heavy atom. The molecular weight excluding hydrogens is 1270 g/mol. The zero-order chi connectivity index (χ0) is 67.6. The van der Waals surface area contributed by atoms with Gasteiger partial charge < -0.3 is 80.7 Å². The Morgan fingerprint density at radius 1 is 0.140 bits per heavy atom. The average molecular weight is 1370 g/mol. The van der Waals surface area contributed by atoms with Crippen molar-refractivity contribution in [3.63, 3.8) is 0 Å². The van der Waals surface area contributed by atoms with Crippen molar-refractivity contribution in [2.75, 3.05) is 172 Å². The van der Waals surface area contributed by atoms with Gasteiger partial charge in [-0.1, -0.05) is 146 Å². The highest BCUT2D eigenvalue weighted by Crippen LogP contribution is 2.42. The molecule has 18 heteroatoms. The van der Waals surface area contributed by atoms with Gasteiger partial charge in [-0.2, -0.15) is 4.89 Å². The van der Waals surface area contributed by atoms with E-state index in [0.29, 0.717) is 189 Å². The summed E-state index contributed by atoms with van der Waals surface area (Å²) >= 11 is 0. The molecule has 8 aromatic rings. The van der Waals surface area contributed by atoms with E-state index in [2.05, 4.69) is 146 Å². The maximum atomic E-state index is 7.04. The Kier molecular flexibility index (Phi) is 26.3. The second kappa shape index (κ2) is 37.4. The Morgan fingerprint density at radius 2 is 0.270 bits per heavy atom. The number of hydrogen-bond acceptors (Lipinski definition) is 18. The molecule has 0 spiro atoms. The Balaban J connectivity index is 0.842. The van der Waals surface area contributed by atoms with Gasteiger partial charge in [-0.05, 0) is 77.9 Å². The normalized spacial score (nSPS) is 18.1. The zero-order valence-corrected chi connectivity index (χ0v) is 57.2. The minimum atomic E-state index is 0.140. The predicted molar refractivity (Wildman–Crippen MR) is 376 cm³/mol. The van der Waals surface area contributed by atoms with E-state index in [9.17, 15) is 0 Å². The van der Waals surface area contributed by atoms with E-state index in [0.717, 1.165) is 129 Å². The van der Waals surface area contributed by atoms with Crippen molar-refractivity contribution in [1.82, 2.24) is 0 Å². The Hall–Kier alpha value is -8.24. The van der Waals surface area contributed by atoms with Gasteiger partial charge in [0.15, 0.2) is 5.75 Å². The molecule has 0 unspecified atom stereocenters. The highest BCUT2D eigenvalue weighted by atomic mass is 17.2. The first kappa shape index (κ1) is 70.2. The summed E-state index contributed by atoms with van der Waals surface area (Å²) in [6, 6.07) is 51.0. The number of para-hydroxylation sites is 8. The minimum absolute atomic E-state index is 0.140. The molecule has 0 fully saturated rings. The van der Waals surface area contributed by atoms with Gasteiger partial charge in [0, 0.05) is 62.5 Å². The maximum absolute atomic E-state index is 7.04. The maximum Gasteiger partial charge on any atom is 0.172 e. The number of ether oxygens (including phenoxy) is 16. The van der Waals surface area contributed by atoms with Crippen LogP contribution in [-0.4, -0.2) is 172 Å². The lowest BCUT2D eigenvalue weighted by Gasteiger charge is -2.23. The molecule has 3 aliphatic heterocycles. The van der Waals surface area contributed by atoms with Crippen LogP contribution in [0.2, 0.25) is 0 Å². The van der Waals surface area contributed by atoms with Gasteiger partial charge in [-0.15, -0.1) is 0 Å². The summed E-state index contributed by atoms with van der Waals surface area (Å²) in [5.41, 5.74) is 15.9. The van der Waals surface area contributed by atoms with Crippen LogP contribution in [0.5, 0.6) is 46.0 Å². The van der Waals surface area contributed by atoms with E-state index in [1.54, 1.807) is 0 Å². The van der Waals surface area contributed by atoms with Crippen molar-refractivity contribution in [3.05, 3.63) is 235 Å². The summed E-state index contributed by atoms with van der Waals surface area (Å²) in [6.07, 6.45) is 4.06. The Labute approximate surface area is 586 Å². The van der Waals surface area contributed by atoms with Crippen molar-refractivity contribution >= 4 is 0 Å². The highest BCUT2D eigenvalue weighted by Gasteiger charge is 2.26. The lowest BCUT2D eigenvalue weighted by atomic mass is 9.91. The van der Waals surface area contributed by atoms with E-state index >= 15 is 0 Å². The van der Waals surface area contributed by atoms with Crippen LogP contribution in [0, 0.1) is 0 Å². The topological polar surface area (TPSA) is 166 Å². The predicted octanol–water partition coefficient (Wildman–Crippen LogP) is 11.9. The molecule has 8 aromatic carbocycles. The standard InChI is InChI=1S/C82H92O18/c1-9-59-51-60-10-2-12-62-53-65-15-4-16-66-54-64-14-3-13-63(52-61(11-1)75(59)92-43-35-86-31-27-83-25-26-84-28-32-87-36-44-93-76(60)62)78(64)96-47-39-90-40-48-97-81-70-20-7-22-72(81)58-74-24-8-23-73(82(74)100-99-50-42-91-41-49-98-79(65)66)57-71-21-6-19-69-55-67-17-5-18-68(56-70)77(67)94-45-37-88-33-29-85-30-34-89-38-46-95-80(69)71/h1-24H,25-58H2. The lowest BCUT2D eigenvalue weighted by molar-refractivity contribution is -0.216. The summed E-state index contributed by atoms with van der Waals surface area (Å²) < 4.78 is 103. The molecule has 0 atom stereocenters. The minimum Gasteiger partial charge on any atom is -0.491 e. The Bertz CT molecular complexity index is 3910. The molecule has 2 aliphatic carbocycles. The molecule has 528 valence electrons. The molecule has 0 saturated heterocycles. The molecule has 0 aromatic heterocycles. The van der Waals surface area contributed by atoms with Gasteiger partial charge in [-0.25, -0.2) is 0 Å². The van der Waals surface area contributed by atoms with E-state index in [1.165, 1.54) is 0 Å². The molecule has 0 amide bonds. The molecular formula is C82H92O18. The fourth-order valence-corrected chi connectivity index (χ4v) is 13.5. The van der Waals surface area contributed by atoms with Crippen molar-refractivity contribution in [3.8, 4) is 46.0 Å².